The lowest BCUT2D eigenvalue weighted by Gasteiger charge is -2.42. The van der Waals surface area contributed by atoms with Crippen molar-refractivity contribution >= 4 is 39.1 Å². The number of fused-ring (bicyclic) bond motifs is 7. The molecular formula is C33H34ClFN6O3. The smallest absolute Gasteiger partial charge is 0.319 e. The maximum Gasteiger partial charge on any atom is 0.319 e. The lowest BCUT2D eigenvalue weighted by molar-refractivity contribution is 0.107. The molecule has 2 N–H and O–H groups in total. The standard InChI is InChI=1S/C33H34ClFN6O3/c1-17-29-23-8-7-19(36-23)15-41(29)30-25-28(38-32(39-30)43-16-33-9-3-11-40(33)12-4-10-33)26(35)27(37-31(25)44-17)21-14-20(42)13-18-5-2-6-22(34)24(18)21/h2,5-6,13-14,17,19,23,29,36,42H,3-4,7-12,15-16H2,1H3. The van der Waals surface area contributed by atoms with Crippen molar-refractivity contribution < 1.29 is 19.0 Å². The zero-order chi connectivity index (χ0) is 29.7. The minimum atomic E-state index is -0.626. The molecule has 4 aromatic rings. The number of nitrogens with zero attached hydrogens (tertiary/aromatic N) is 5. The van der Waals surface area contributed by atoms with Gasteiger partial charge in [0.05, 0.1) is 11.6 Å². The van der Waals surface area contributed by atoms with Crippen molar-refractivity contribution in [3.8, 4) is 28.9 Å². The number of anilines is 1. The summed E-state index contributed by atoms with van der Waals surface area (Å²) in [7, 11) is 0. The molecule has 228 valence electrons. The predicted octanol–water partition coefficient (Wildman–Crippen LogP) is 5.44. The number of phenols is 1. The fourth-order valence-electron chi connectivity index (χ4n) is 8.75. The molecule has 4 atom stereocenters. The van der Waals surface area contributed by atoms with E-state index in [2.05, 4.69) is 15.1 Å². The molecule has 0 radical (unpaired) electrons. The van der Waals surface area contributed by atoms with Crippen LogP contribution in [0, 0.1) is 5.82 Å². The van der Waals surface area contributed by atoms with Gasteiger partial charge in [-0.25, -0.2) is 9.37 Å². The number of hydrogen-bond donors (Lipinski definition) is 2. The van der Waals surface area contributed by atoms with Crippen molar-refractivity contribution in [1.29, 1.82) is 0 Å². The molecule has 5 aliphatic heterocycles. The average molecular weight is 617 g/mol. The van der Waals surface area contributed by atoms with Gasteiger partial charge < -0.3 is 24.8 Å². The Kier molecular flexibility index (Phi) is 5.97. The Morgan fingerprint density at radius 1 is 1.14 bits per heavy atom. The van der Waals surface area contributed by atoms with E-state index in [-0.39, 0.29) is 52.6 Å². The third-order valence-electron chi connectivity index (χ3n) is 10.7. The maximum atomic E-state index is 17.0. The van der Waals surface area contributed by atoms with Crippen molar-refractivity contribution in [2.24, 2.45) is 0 Å². The number of ether oxygens (including phenoxy) is 2. The Balaban J connectivity index is 1.26. The van der Waals surface area contributed by atoms with Gasteiger partial charge in [-0.05, 0) is 82.1 Å². The highest BCUT2D eigenvalue weighted by atomic mass is 35.5. The third-order valence-corrected chi connectivity index (χ3v) is 11.0. The molecule has 4 saturated heterocycles. The minimum absolute atomic E-state index is 0.00884. The van der Waals surface area contributed by atoms with Crippen LogP contribution in [0.1, 0.15) is 45.4 Å². The first-order valence-corrected chi connectivity index (χ1v) is 16.2. The zero-order valence-electron chi connectivity index (χ0n) is 24.5. The van der Waals surface area contributed by atoms with Gasteiger partial charge in [0.1, 0.15) is 40.9 Å². The van der Waals surface area contributed by atoms with Gasteiger partial charge >= 0.3 is 6.01 Å². The van der Waals surface area contributed by atoms with Gasteiger partial charge in [0, 0.05) is 34.6 Å². The molecule has 0 aliphatic carbocycles. The molecule has 7 heterocycles. The summed E-state index contributed by atoms with van der Waals surface area (Å²) in [5, 5.41) is 16.5. The van der Waals surface area contributed by atoms with Gasteiger partial charge in [0.25, 0.3) is 0 Å². The minimum Gasteiger partial charge on any atom is -0.508 e. The molecule has 2 aromatic carbocycles. The third kappa shape index (κ3) is 3.93. The summed E-state index contributed by atoms with van der Waals surface area (Å²) in [5.41, 5.74) is 0.472. The van der Waals surface area contributed by atoms with Crippen LogP contribution in [0.3, 0.4) is 0 Å². The number of rotatable bonds is 4. The van der Waals surface area contributed by atoms with Crippen molar-refractivity contribution in [2.45, 2.75) is 75.2 Å². The van der Waals surface area contributed by atoms with E-state index in [1.807, 2.05) is 13.0 Å². The number of aromatic hydroxyl groups is 1. The number of halogens is 2. The Morgan fingerprint density at radius 3 is 2.82 bits per heavy atom. The molecule has 9 rings (SSSR count). The Bertz CT molecular complexity index is 1830. The Labute approximate surface area is 259 Å². The predicted molar refractivity (Wildman–Crippen MR) is 166 cm³/mol. The van der Waals surface area contributed by atoms with Gasteiger partial charge in [-0.3, -0.25) is 4.90 Å². The molecule has 0 saturated carbocycles. The molecule has 2 aromatic heterocycles. The van der Waals surface area contributed by atoms with E-state index in [1.54, 1.807) is 18.2 Å². The van der Waals surface area contributed by atoms with E-state index in [4.69, 9.17) is 36.0 Å². The van der Waals surface area contributed by atoms with Crippen LogP contribution in [-0.4, -0.2) is 81.0 Å². The molecular weight excluding hydrogens is 583 g/mol. The second-order valence-corrected chi connectivity index (χ2v) is 13.6. The summed E-state index contributed by atoms with van der Waals surface area (Å²) < 4.78 is 30.0. The van der Waals surface area contributed by atoms with E-state index < -0.39 is 5.82 Å². The number of phenolic OH excluding ortho intramolecular Hbond substituents is 1. The van der Waals surface area contributed by atoms with Crippen LogP contribution in [0.25, 0.3) is 32.9 Å². The van der Waals surface area contributed by atoms with Gasteiger partial charge in [-0.2, -0.15) is 9.97 Å². The normalized spacial score (nSPS) is 26.9. The van der Waals surface area contributed by atoms with E-state index in [0.29, 0.717) is 45.2 Å². The molecule has 44 heavy (non-hydrogen) atoms. The van der Waals surface area contributed by atoms with E-state index in [0.717, 1.165) is 58.2 Å². The number of benzene rings is 2. The first-order valence-electron chi connectivity index (χ1n) is 15.8. The molecule has 0 spiro atoms. The fraction of sp³-hybridized carbons (Fsp3) is 0.485. The summed E-state index contributed by atoms with van der Waals surface area (Å²) >= 11 is 6.66. The molecule has 4 unspecified atom stereocenters. The van der Waals surface area contributed by atoms with Crippen molar-refractivity contribution in [2.75, 3.05) is 31.1 Å². The average Bonchev–Trinajstić information content (AvgIpc) is 3.68. The molecule has 0 amide bonds. The van der Waals surface area contributed by atoms with Gasteiger partial charge in [-0.15, -0.1) is 0 Å². The van der Waals surface area contributed by atoms with Gasteiger partial charge in [0.15, 0.2) is 5.82 Å². The molecule has 2 bridgehead atoms. The summed E-state index contributed by atoms with van der Waals surface area (Å²) in [6.07, 6.45) is 6.33. The van der Waals surface area contributed by atoms with Crippen LogP contribution in [0.5, 0.6) is 17.6 Å². The first kappa shape index (κ1) is 26.9. The molecule has 4 fully saturated rings. The summed E-state index contributed by atoms with van der Waals surface area (Å²) in [6.45, 7) is 5.41. The van der Waals surface area contributed by atoms with Crippen LogP contribution in [0.15, 0.2) is 30.3 Å². The number of aromatic nitrogens is 3. The maximum absolute atomic E-state index is 17.0. The summed E-state index contributed by atoms with van der Waals surface area (Å²) in [4.78, 5) is 19.3. The quantitative estimate of drug-likeness (QED) is 0.311. The Hall–Kier alpha value is -3.47. The van der Waals surface area contributed by atoms with E-state index in [9.17, 15) is 5.11 Å². The second kappa shape index (κ2) is 9.76. The van der Waals surface area contributed by atoms with Crippen LogP contribution in [0.4, 0.5) is 10.2 Å². The van der Waals surface area contributed by atoms with Gasteiger partial charge in [-0.1, -0.05) is 23.7 Å². The topological polar surface area (TPSA) is 95.9 Å². The molecule has 11 heteroatoms. The van der Waals surface area contributed by atoms with Crippen LogP contribution in [-0.2, 0) is 0 Å². The van der Waals surface area contributed by atoms with Gasteiger partial charge in [0.2, 0.25) is 5.88 Å². The number of nitrogens with one attached hydrogen (secondary N) is 1. The van der Waals surface area contributed by atoms with Crippen LogP contribution >= 0.6 is 11.6 Å². The number of piperazine rings is 1. The Morgan fingerprint density at radius 2 is 1.98 bits per heavy atom. The van der Waals surface area contributed by atoms with E-state index >= 15 is 4.39 Å². The highest BCUT2D eigenvalue weighted by Crippen LogP contribution is 2.46. The lowest BCUT2D eigenvalue weighted by Crippen LogP contribution is -2.62. The highest BCUT2D eigenvalue weighted by Gasteiger charge is 2.48. The van der Waals surface area contributed by atoms with Crippen molar-refractivity contribution in [3.05, 3.63) is 41.2 Å². The first-order chi connectivity index (χ1) is 21.4. The number of hydrogen-bond acceptors (Lipinski definition) is 9. The largest absolute Gasteiger partial charge is 0.508 e. The highest BCUT2D eigenvalue weighted by molar-refractivity contribution is 6.36. The molecule has 9 nitrogen and oxygen atoms in total. The second-order valence-electron chi connectivity index (χ2n) is 13.2. The van der Waals surface area contributed by atoms with E-state index in [1.165, 1.54) is 6.07 Å². The summed E-state index contributed by atoms with van der Waals surface area (Å²) in [6, 6.07) is 9.17. The van der Waals surface area contributed by atoms with Crippen LogP contribution in [0.2, 0.25) is 5.02 Å². The monoisotopic (exact) mass is 616 g/mol. The lowest BCUT2D eigenvalue weighted by atomic mass is 9.95. The number of pyridine rings is 1. The SMILES string of the molecule is CC1Oc2nc(-c3cc(O)cc4cccc(Cl)c34)c(F)c3nc(OCC45CCCN4CCC5)nc(c23)N2CC3CCC(N3)C12. The fourth-order valence-corrected chi connectivity index (χ4v) is 9.03. The summed E-state index contributed by atoms with van der Waals surface area (Å²) in [5.74, 6) is 0.241. The van der Waals surface area contributed by atoms with Crippen LogP contribution < -0.4 is 19.7 Å². The zero-order valence-corrected chi connectivity index (χ0v) is 25.3. The molecule has 5 aliphatic rings. The van der Waals surface area contributed by atoms with Crippen molar-refractivity contribution in [1.82, 2.24) is 25.2 Å². The van der Waals surface area contributed by atoms with Crippen molar-refractivity contribution in [3.63, 3.8) is 0 Å².